The molecular formula is C28H38N2O9. The molecule has 0 bridgehead atoms. The van der Waals surface area contributed by atoms with E-state index in [-0.39, 0.29) is 23.3 Å². The van der Waals surface area contributed by atoms with Crippen LogP contribution in [0.2, 0.25) is 0 Å². The van der Waals surface area contributed by atoms with Gasteiger partial charge >= 0.3 is 11.9 Å². The maximum absolute atomic E-state index is 13.0. The molecule has 0 radical (unpaired) electrons. The molecule has 0 unspecified atom stereocenters. The minimum Gasteiger partial charge on any atom is -0.493 e. The Bertz CT molecular complexity index is 1060. The molecule has 1 amide bonds. The summed E-state index contributed by atoms with van der Waals surface area (Å²) < 4.78 is 33.3. The van der Waals surface area contributed by atoms with E-state index in [1.165, 1.54) is 33.2 Å². The SMILES string of the molecule is CCCO[C@@H](CC)[C@@H](Oc1ccccc1)[C@H](C)OC(=O)[C@H](C)NC(=O)c1nccc(OC)c1OCOC(C)=O. The Kier molecular flexibility index (Phi) is 13.0. The number of aromatic nitrogens is 1. The molecule has 4 atom stereocenters. The first-order valence-corrected chi connectivity index (χ1v) is 12.9. The number of methoxy groups -OCH3 is 1. The number of benzene rings is 1. The van der Waals surface area contributed by atoms with Gasteiger partial charge in [0.15, 0.2) is 23.3 Å². The van der Waals surface area contributed by atoms with Gasteiger partial charge in [0, 0.05) is 25.8 Å². The molecule has 0 aliphatic heterocycles. The van der Waals surface area contributed by atoms with Gasteiger partial charge in [-0.3, -0.25) is 9.59 Å². The zero-order chi connectivity index (χ0) is 28.8. The summed E-state index contributed by atoms with van der Waals surface area (Å²) in [5.74, 6) is -1.16. The van der Waals surface area contributed by atoms with E-state index in [1.54, 1.807) is 6.92 Å². The van der Waals surface area contributed by atoms with Crippen LogP contribution in [-0.4, -0.2) is 67.7 Å². The molecule has 214 valence electrons. The van der Waals surface area contributed by atoms with E-state index >= 15 is 0 Å². The van der Waals surface area contributed by atoms with Crippen molar-refractivity contribution < 1.29 is 42.8 Å². The highest BCUT2D eigenvalue weighted by atomic mass is 16.7. The molecule has 11 nitrogen and oxygen atoms in total. The molecule has 0 fully saturated rings. The lowest BCUT2D eigenvalue weighted by Gasteiger charge is -2.32. The Balaban J connectivity index is 2.13. The van der Waals surface area contributed by atoms with E-state index in [1.807, 2.05) is 44.2 Å². The Morgan fingerprint density at radius 2 is 1.77 bits per heavy atom. The first-order chi connectivity index (χ1) is 18.7. The molecule has 2 rings (SSSR count). The molecule has 11 heteroatoms. The first-order valence-electron chi connectivity index (χ1n) is 12.9. The molecule has 0 spiro atoms. The van der Waals surface area contributed by atoms with Crippen molar-refractivity contribution in [3.05, 3.63) is 48.3 Å². The second-order valence-corrected chi connectivity index (χ2v) is 8.64. The van der Waals surface area contributed by atoms with E-state index < -0.39 is 42.9 Å². The summed E-state index contributed by atoms with van der Waals surface area (Å²) in [6.45, 7) is 8.51. The van der Waals surface area contributed by atoms with Crippen LogP contribution in [0, 0.1) is 0 Å². The van der Waals surface area contributed by atoms with Gasteiger partial charge in [0.05, 0.1) is 13.2 Å². The Labute approximate surface area is 229 Å². The number of hydrogen-bond acceptors (Lipinski definition) is 10. The van der Waals surface area contributed by atoms with E-state index in [9.17, 15) is 14.4 Å². The van der Waals surface area contributed by atoms with Crippen molar-refractivity contribution in [1.29, 1.82) is 0 Å². The van der Waals surface area contributed by atoms with Crippen LogP contribution < -0.4 is 19.5 Å². The van der Waals surface area contributed by atoms with Gasteiger partial charge in [-0.15, -0.1) is 0 Å². The van der Waals surface area contributed by atoms with Gasteiger partial charge in [0.1, 0.15) is 17.9 Å². The van der Waals surface area contributed by atoms with Crippen molar-refractivity contribution in [1.82, 2.24) is 10.3 Å². The fourth-order valence-electron chi connectivity index (χ4n) is 3.58. The van der Waals surface area contributed by atoms with Crippen LogP contribution in [0.25, 0.3) is 0 Å². The predicted molar refractivity (Wildman–Crippen MR) is 142 cm³/mol. The average molecular weight is 547 g/mol. The fraction of sp³-hybridized carbons (Fsp3) is 0.500. The highest BCUT2D eigenvalue weighted by molar-refractivity contribution is 5.98. The van der Waals surface area contributed by atoms with Crippen LogP contribution in [0.5, 0.6) is 17.2 Å². The Morgan fingerprint density at radius 3 is 2.38 bits per heavy atom. The van der Waals surface area contributed by atoms with E-state index in [4.69, 9.17) is 28.4 Å². The number of rotatable bonds is 16. The molecule has 0 aliphatic rings. The Hall–Kier alpha value is -3.86. The number of hydrogen-bond donors (Lipinski definition) is 1. The lowest BCUT2D eigenvalue weighted by Crippen LogP contribution is -2.47. The third-order valence-corrected chi connectivity index (χ3v) is 5.55. The molecule has 39 heavy (non-hydrogen) atoms. The smallest absolute Gasteiger partial charge is 0.328 e. The number of esters is 2. The number of nitrogens with zero attached hydrogens (tertiary/aromatic N) is 1. The topological polar surface area (TPSA) is 132 Å². The lowest BCUT2D eigenvalue weighted by molar-refractivity contribution is -0.160. The van der Waals surface area contributed by atoms with Crippen LogP contribution >= 0.6 is 0 Å². The lowest BCUT2D eigenvalue weighted by atomic mass is 10.1. The van der Waals surface area contributed by atoms with Crippen LogP contribution in [-0.2, 0) is 23.8 Å². The van der Waals surface area contributed by atoms with Crippen molar-refractivity contribution in [3.63, 3.8) is 0 Å². The van der Waals surface area contributed by atoms with Crippen molar-refractivity contribution in [2.45, 2.75) is 71.8 Å². The first kappa shape index (κ1) is 31.4. The summed E-state index contributed by atoms with van der Waals surface area (Å²) in [4.78, 5) is 41.1. The maximum atomic E-state index is 13.0. The average Bonchev–Trinajstić information content (AvgIpc) is 2.92. The van der Waals surface area contributed by atoms with Gasteiger partial charge in [-0.1, -0.05) is 32.0 Å². The second kappa shape index (κ2) is 16.2. The van der Waals surface area contributed by atoms with Gasteiger partial charge in [-0.2, -0.15) is 0 Å². The molecule has 0 saturated carbocycles. The van der Waals surface area contributed by atoms with Gasteiger partial charge in [0.25, 0.3) is 5.91 Å². The van der Waals surface area contributed by atoms with Crippen LogP contribution in [0.3, 0.4) is 0 Å². The number of para-hydroxylation sites is 1. The van der Waals surface area contributed by atoms with Gasteiger partial charge in [-0.05, 0) is 38.8 Å². The third-order valence-electron chi connectivity index (χ3n) is 5.55. The number of carbonyl (C=O) groups excluding carboxylic acids is 3. The highest BCUT2D eigenvalue weighted by Crippen LogP contribution is 2.29. The zero-order valence-electron chi connectivity index (χ0n) is 23.3. The summed E-state index contributed by atoms with van der Waals surface area (Å²) in [6.07, 6.45) is 1.22. The number of nitrogens with one attached hydrogen (secondary N) is 1. The summed E-state index contributed by atoms with van der Waals surface area (Å²) in [5.41, 5.74) is -0.154. The minimum absolute atomic E-state index is 0.0390. The van der Waals surface area contributed by atoms with Crippen LogP contribution in [0.15, 0.2) is 42.6 Å². The summed E-state index contributed by atoms with van der Waals surface area (Å²) in [5, 5.41) is 2.57. The minimum atomic E-state index is -1.04. The molecule has 1 aromatic carbocycles. The van der Waals surface area contributed by atoms with E-state index in [0.29, 0.717) is 18.8 Å². The van der Waals surface area contributed by atoms with Gasteiger partial charge in [-0.25, -0.2) is 9.78 Å². The van der Waals surface area contributed by atoms with Crippen LogP contribution in [0.1, 0.15) is 57.9 Å². The molecule has 0 aliphatic carbocycles. The predicted octanol–water partition coefficient (Wildman–Crippen LogP) is 3.69. The molecular weight excluding hydrogens is 508 g/mol. The monoisotopic (exact) mass is 546 g/mol. The number of pyridine rings is 1. The zero-order valence-corrected chi connectivity index (χ0v) is 23.3. The molecule has 1 aromatic heterocycles. The standard InChI is InChI=1S/C28H38N2O9/c1-7-16-35-22(8-2)25(39-21-12-10-9-11-13-21)19(4)38-28(33)18(3)30-27(32)24-26(37-17-36-20(5)31)23(34-6)14-15-29-24/h9-15,18-19,22,25H,7-8,16-17H2,1-6H3,(H,30,32)/t18-,19-,22-,25-/m0/s1. The number of carbonyl (C=O) groups is 3. The fourth-order valence-corrected chi connectivity index (χ4v) is 3.58. The molecule has 0 saturated heterocycles. The van der Waals surface area contributed by atoms with Crippen molar-refractivity contribution in [2.24, 2.45) is 0 Å². The summed E-state index contributed by atoms with van der Waals surface area (Å²) in [6, 6.07) is 9.67. The molecule has 1 heterocycles. The largest absolute Gasteiger partial charge is 0.493 e. The normalized spacial score (nSPS) is 13.8. The molecule has 1 N–H and O–H groups in total. The van der Waals surface area contributed by atoms with Crippen molar-refractivity contribution in [3.8, 4) is 17.2 Å². The number of amides is 1. The Morgan fingerprint density at radius 1 is 1.05 bits per heavy atom. The van der Waals surface area contributed by atoms with Crippen LogP contribution in [0.4, 0.5) is 0 Å². The third kappa shape index (κ3) is 9.75. The van der Waals surface area contributed by atoms with E-state index in [0.717, 1.165) is 6.42 Å². The highest BCUT2D eigenvalue weighted by Gasteiger charge is 2.33. The summed E-state index contributed by atoms with van der Waals surface area (Å²) >= 11 is 0. The van der Waals surface area contributed by atoms with E-state index in [2.05, 4.69) is 10.3 Å². The van der Waals surface area contributed by atoms with Crippen molar-refractivity contribution in [2.75, 3.05) is 20.5 Å². The van der Waals surface area contributed by atoms with Crippen molar-refractivity contribution >= 4 is 17.8 Å². The maximum Gasteiger partial charge on any atom is 0.328 e. The van der Waals surface area contributed by atoms with Gasteiger partial charge < -0.3 is 33.7 Å². The molecule has 2 aromatic rings. The van der Waals surface area contributed by atoms with Gasteiger partial charge in [0.2, 0.25) is 6.79 Å². The number of ether oxygens (including phenoxy) is 6. The summed E-state index contributed by atoms with van der Waals surface area (Å²) in [7, 11) is 1.39. The quantitative estimate of drug-likeness (QED) is 0.246. The second-order valence-electron chi connectivity index (χ2n) is 8.64.